The third-order valence-corrected chi connectivity index (χ3v) is 3.38. The maximum absolute atomic E-state index is 5.54. The van der Waals surface area contributed by atoms with Crippen molar-refractivity contribution < 1.29 is 0 Å². The quantitative estimate of drug-likeness (QED) is 0.892. The summed E-state index contributed by atoms with van der Waals surface area (Å²) in [6, 6.07) is 4.52. The van der Waals surface area contributed by atoms with Gasteiger partial charge in [-0.1, -0.05) is 0 Å². The number of benzene rings is 1. The number of aromatic nitrogens is 2. The molecule has 1 aliphatic rings. The molecule has 1 aliphatic carbocycles. The minimum absolute atomic E-state index is 0. The summed E-state index contributed by atoms with van der Waals surface area (Å²) in [5.74, 6) is 1.01. The number of nitrogens with one attached hydrogen (secondary N) is 1. The highest BCUT2D eigenvalue weighted by Crippen LogP contribution is 2.25. The minimum atomic E-state index is 0. The molecule has 3 rings (SSSR count). The summed E-state index contributed by atoms with van der Waals surface area (Å²) < 4.78 is 0. The van der Waals surface area contributed by atoms with Crippen molar-refractivity contribution in [1.29, 1.82) is 0 Å². The number of hydrogen-bond acceptors (Lipinski definition) is 2. The van der Waals surface area contributed by atoms with Crippen LogP contribution in [0.2, 0.25) is 0 Å². The number of fused-ring (bicyclic) bond motifs is 2. The smallest absolute Gasteiger partial charge is 0.108 e. The second-order valence-electron chi connectivity index (χ2n) is 4.57. The molecule has 0 fully saturated rings. The number of aromatic amines is 1. The lowest BCUT2D eigenvalue weighted by molar-refractivity contribution is 0.687. The Bertz CT molecular complexity index is 479. The van der Waals surface area contributed by atoms with Crippen molar-refractivity contribution in [3.63, 3.8) is 0 Å². The lowest BCUT2D eigenvalue weighted by Crippen LogP contribution is -2.03. The number of rotatable bonds is 2. The Morgan fingerprint density at radius 1 is 1.11 bits per heavy atom. The van der Waals surface area contributed by atoms with E-state index in [4.69, 9.17) is 5.73 Å². The van der Waals surface area contributed by atoms with Gasteiger partial charge in [0.05, 0.1) is 11.0 Å². The van der Waals surface area contributed by atoms with Crippen molar-refractivity contribution in [2.45, 2.75) is 32.1 Å². The summed E-state index contributed by atoms with van der Waals surface area (Å²) in [4.78, 5) is 7.93. The van der Waals surface area contributed by atoms with Gasteiger partial charge >= 0.3 is 0 Å². The van der Waals surface area contributed by atoms with Gasteiger partial charge in [-0.15, -0.1) is 24.8 Å². The van der Waals surface area contributed by atoms with E-state index >= 15 is 0 Å². The Labute approximate surface area is 119 Å². The molecule has 1 aromatic heterocycles. The third kappa shape index (κ3) is 2.79. The number of halogens is 2. The van der Waals surface area contributed by atoms with E-state index in [9.17, 15) is 0 Å². The van der Waals surface area contributed by atoms with Crippen LogP contribution in [0.3, 0.4) is 0 Å². The molecule has 3 nitrogen and oxygen atoms in total. The fourth-order valence-electron chi connectivity index (χ4n) is 2.55. The van der Waals surface area contributed by atoms with Crippen molar-refractivity contribution in [2.24, 2.45) is 5.73 Å². The number of H-pyrrole nitrogens is 1. The highest BCUT2D eigenvalue weighted by atomic mass is 35.5. The SMILES string of the molecule is Cl.Cl.NCCc1nc2cc3c(cc2[nH]1)CCCC3. The largest absolute Gasteiger partial charge is 0.342 e. The third-order valence-electron chi connectivity index (χ3n) is 3.38. The van der Waals surface area contributed by atoms with E-state index in [1.165, 1.54) is 42.3 Å². The average Bonchev–Trinajstić information content (AvgIpc) is 2.67. The fraction of sp³-hybridized carbons (Fsp3) is 0.462. The monoisotopic (exact) mass is 287 g/mol. The van der Waals surface area contributed by atoms with Crippen LogP contribution < -0.4 is 5.73 Å². The predicted octanol–water partition coefficient (Wildman–Crippen LogP) is 2.79. The summed E-state index contributed by atoms with van der Waals surface area (Å²) in [5, 5.41) is 0. The van der Waals surface area contributed by atoms with Gasteiger partial charge in [-0.25, -0.2) is 4.98 Å². The molecule has 0 aliphatic heterocycles. The zero-order chi connectivity index (χ0) is 11.0. The van der Waals surface area contributed by atoms with Gasteiger partial charge in [0.25, 0.3) is 0 Å². The molecule has 0 unspecified atom stereocenters. The number of imidazole rings is 1. The lowest BCUT2D eigenvalue weighted by atomic mass is 9.91. The molecule has 0 spiro atoms. The molecule has 0 saturated heterocycles. The summed E-state index contributed by atoms with van der Waals surface area (Å²) >= 11 is 0. The van der Waals surface area contributed by atoms with Crippen molar-refractivity contribution in [3.8, 4) is 0 Å². The van der Waals surface area contributed by atoms with Crippen molar-refractivity contribution >= 4 is 35.8 Å². The minimum Gasteiger partial charge on any atom is -0.342 e. The summed E-state index contributed by atoms with van der Waals surface area (Å²) in [7, 11) is 0. The standard InChI is InChI=1S/C13H17N3.2ClH/c14-6-5-13-15-11-7-9-3-1-2-4-10(9)8-12(11)16-13;;/h7-8H,1-6,14H2,(H,15,16);2*1H. The molecule has 5 heteroatoms. The van der Waals surface area contributed by atoms with E-state index in [-0.39, 0.29) is 24.8 Å². The van der Waals surface area contributed by atoms with Crippen molar-refractivity contribution in [1.82, 2.24) is 9.97 Å². The number of hydrogen-bond donors (Lipinski definition) is 2. The second-order valence-corrected chi connectivity index (χ2v) is 4.57. The molecule has 0 saturated carbocycles. The Morgan fingerprint density at radius 2 is 1.78 bits per heavy atom. The van der Waals surface area contributed by atoms with Gasteiger partial charge in [0.2, 0.25) is 0 Å². The van der Waals surface area contributed by atoms with Crippen LogP contribution in [0.25, 0.3) is 11.0 Å². The Balaban J connectivity index is 0.000000810. The van der Waals surface area contributed by atoms with Crippen LogP contribution in [0.4, 0.5) is 0 Å². The Morgan fingerprint density at radius 3 is 2.44 bits per heavy atom. The van der Waals surface area contributed by atoms with E-state index in [0.717, 1.165) is 17.8 Å². The molecule has 0 radical (unpaired) electrons. The average molecular weight is 288 g/mol. The maximum atomic E-state index is 5.54. The van der Waals surface area contributed by atoms with E-state index in [0.29, 0.717) is 6.54 Å². The van der Waals surface area contributed by atoms with Crippen LogP contribution in [-0.2, 0) is 19.3 Å². The first-order valence-corrected chi connectivity index (χ1v) is 6.07. The van der Waals surface area contributed by atoms with Crippen LogP contribution in [0.5, 0.6) is 0 Å². The van der Waals surface area contributed by atoms with E-state index < -0.39 is 0 Å². The summed E-state index contributed by atoms with van der Waals surface area (Å²) in [5.41, 5.74) is 10.8. The summed E-state index contributed by atoms with van der Waals surface area (Å²) in [6.45, 7) is 0.652. The molecular weight excluding hydrogens is 269 g/mol. The van der Waals surface area contributed by atoms with Crippen LogP contribution in [0, 0.1) is 0 Å². The number of nitrogens with zero attached hydrogens (tertiary/aromatic N) is 1. The lowest BCUT2D eigenvalue weighted by Gasteiger charge is -2.14. The highest BCUT2D eigenvalue weighted by Gasteiger charge is 2.12. The molecular formula is C13H19Cl2N3. The molecule has 0 atom stereocenters. The fourth-order valence-corrected chi connectivity index (χ4v) is 2.55. The highest BCUT2D eigenvalue weighted by molar-refractivity contribution is 5.85. The van der Waals surface area contributed by atoms with Crippen LogP contribution in [0.15, 0.2) is 12.1 Å². The Hall–Kier alpha value is -0.770. The van der Waals surface area contributed by atoms with E-state index in [2.05, 4.69) is 22.1 Å². The number of nitrogens with two attached hydrogens (primary N) is 1. The van der Waals surface area contributed by atoms with Gasteiger partial charge in [0.15, 0.2) is 0 Å². The van der Waals surface area contributed by atoms with E-state index in [1.807, 2.05) is 0 Å². The first-order valence-electron chi connectivity index (χ1n) is 6.07. The Kier molecular flexibility index (Phi) is 5.45. The molecule has 1 aromatic carbocycles. The van der Waals surface area contributed by atoms with Crippen LogP contribution in [-0.4, -0.2) is 16.5 Å². The zero-order valence-corrected chi connectivity index (χ0v) is 11.9. The van der Waals surface area contributed by atoms with Crippen molar-refractivity contribution in [2.75, 3.05) is 6.54 Å². The van der Waals surface area contributed by atoms with Crippen LogP contribution >= 0.6 is 24.8 Å². The molecule has 100 valence electrons. The van der Waals surface area contributed by atoms with Gasteiger partial charge in [0.1, 0.15) is 5.82 Å². The molecule has 1 heterocycles. The van der Waals surface area contributed by atoms with Gasteiger partial charge in [-0.3, -0.25) is 0 Å². The predicted molar refractivity (Wildman–Crippen MR) is 80.0 cm³/mol. The summed E-state index contributed by atoms with van der Waals surface area (Å²) in [6.07, 6.45) is 5.90. The van der Waals surface area contributed by atoms with Gasteiger partial charge in [-0.05, 0) is 55.5 Å². The maximum Gasteiger partial charge on any atom is 0.108 e. The second kappa shape index (κ2) is 6.41. The van der Waals surface area contributed by atoms with Gasteiger partial charge < -0.3 is 10.7 Å². The van der Waals surface area contributed by atoms with Crippen molar-refractivity contribution in [3.05, 3.63) is 29.1 Å². The van der Waals surface area contributed by atoms with Crippen LogP contribution in [0.1, 0.15) is 29.8 Å². The molecule has 18 heavy (non-hydrogen) atoms. The van der Waals surface area contributed by atoms with E-state index in [1.54, 1.807) is 0 Å². The number of aryl methyl sites for hydroxylation is 2. The molecule has 3 N–H and O–H groups in total. The molecule has 0 bridgehead atoms. The molecule has 0 amide bonds. The van der Waals surface area contributed by atoms with Gasteiger partial charge in [0, 0.05) is 6.42 Å². The topological polar surface area (TPSA) is 54.7 Å². The first kappa shape index (κ1) is 15.3. The first-order chi connectivity index (χ1) is 7.86. The normalized spacial score (nSPS) is 13.6. The van der Waals surface area contributed by atoms with Gasteiger partial charge in [-0.2, -0.15) is 0 Å². The molecule has 2 aromatic rings. The zero-order valence-electron chi connectivity index (χ0n) is 10.2.